The van der Waals surface area contributed by atoms with Gasteiger partial charge in [0, 0.05) is 82.4 Å². The van der Waals surface area contributed by atoms with Crippen LogP contribution < -0.4 is 5.32 Å². The van der Waals surface area contributed by atoms with Crippen LogP contribution in [0, 0.1) is 0 Å². The molecule has 1 N–H and O–H groups in total. The molecule has 2 heterocycles. The molecule has 80 heavy (non-hydrogen) atoms. The normalized spacial score (nSPS) is 18.3. The van der Waals surface area contributed by atoms with Crippen molar-refractivity contribution in [3.63, 3.8) is 0 Å². The minimum absolute atomic E-state index is 0.117. The van der Waals surface area contributed by atoms with Gasteiger partial charge in [0.05, 0.1) is 19.8 Å². The predicted molar refractivity (Wildman–Crippen MR) is 332 cm³/mol. The topological polar surface area (TPSA) is 104 Å². The maximum absolute atomic E-state index is 12.7. The molecule has 13 heteroatoms. The van der Waals surface area contributed by atoms with Gasteiger partial charge in [-0.25, -0.2) is 0 Å². The van der Waals surface area contributed by atoms with Gasteiger partial charge in [-0.3, -0.25) is 34.0 Å². The van der Waals surface area contributed by atoms with E-state index in [9.17, 15) is 14.4 Å². The lowest BCUT2D eigenvalue weighted by molar-refractivity contribution is -0.155. The van der Waals surface area contributed by atoms with E-state index in [1.165, 1.54) is 52.6 Å². The number of ether oxygens (including phenoxy) is 3. The van der Waals surface area contributed by atoms with E-state index >= 15 is 0 Å². The second-order valence-electron chi connectivity index (χ2n) is 20.4. The smallest absolute Gasteiger partial charge is 0.324 e. The molecule has 0 aliphatic carbocycles. The van der Waals surface area contributed by atoms with E-state index in [-0.39, 0.29) is 40.9 Å². The fraction of sp³-hybridized carbons (Fsp3) is 0.418. The lowest BCUT2D eigenvalue weighted by Crippen LogP contribution is -2.60. The van der Waals surface area contributed by atoms with Crippen molar-refractivity contribution in [3.8, 4) is 0 Å². The highest BCUT2D eigenvalue weighted by Gasteiger charge is 2.38. The van der Waals surface area contributed by atoms with E-state index in [1.54, 1.807) is 6.92 Å². The molecular formula is C67H87Br2N5O6. The molecule has 2 aliphatic rings. The first kappa shape index (κ1) is 65.3. The Balaban J connectivity index is 0.000000207. The highest BCUT2D eigenvalue weighted by Crippen LogP contribution is 2.24. The average Bonchev–Trinajstić information content (AvgIpc) is 3.50. The SMILES string of the molecule is CC(CCCc1ccccc1)NCc1ccccc1.CCOC(=O)C(Br)CBr.CCOC(=O)C1CN(Cc2ccccc2)C(C)CN1Cc1ccccc1.CCOC(=O)C1CN(Cc2ccccc2)CC(C)N1Cc1ccccc1. The van der Waals surface area contributed by atoms with E-state index in [0.29, 0.717) is 50.3 Å². The summed E-state index contributed by atoms with van der Waals surface area (Å²) in [6.45, 7) is 20.9. The second kappa shape index (κ2) is 37.5. The Kier molecular flexibility index (Phi) is 30.6. The van der Waals surface area contributed by atoms with Crippen molar-refractivity contribution in [1.82, 2.24) is 24.9 Å². The summed E-state index contributed by atoms with van der Waals surface area (Å²) in [6.07, 6.45) is 3.65. The molecule has 6 unspecified atom stereocenters. The molecule has 0 saturated carbocycles. The second-order valence-corrected chi connectivity index (χ2v) is 22.2. The summed E-state index contributed by atoms with van der Waals surface area (Å²) in [5.41, 5.74) is 7.81. The molecular weight excluding hydrogens is 1130 g/mol. The van der Waals surface area contributed by atoms with Gasteiger partial charge in [-0.15, -0.1) is 0 Å². The summed E-state index contributed by atoms with van der Waals surface area (Å²) >= 11 is 6.26. The minimum Gasteiger partial charge on any atom is -0.465 e. The Bertz CT molecular complexity index is 2590. The number of rotatable bonds is 22. The van der Waals surface area contributed by atoms with Crippen molar-refractivity contribution in [2.24, 2.45) is 0 Å². The zero-order chi connectivity index (χ0) is 57.3. The first-order valence-corrected chi connectivity index (χ1v) is 30.6. The number of hydrogen-bond acceptors (Lipinski definition) is 11. The summed E-state index contributed by atoms with van der Waals surface area (Å²) in [4.78, 5) is 45.0. The minimum atomic E-state index is -0.234. The average molecular weight is 1220 g/mol. The van der Waals surface area contributed by atoms with Crippen LogP contribution in [0.5, 0.6) is 0 Å². The van der Waals surface area contributed by atoms with Gasteiger partial charge in [-0.2, -0.15) is 0 Å². The molecule has 2 fully saturated rings. The van der Waals surface area contributed by atoms with Crippen LogP contribution in [-0.4, -0.2) is 124 Å². The molecule has 2 aliphatic heterocycles. The van der Waals surface area contributed by atoms with Crippen LogP contribution in [0.25, 0.3) is 0 Å². The van der Waals surface area contributed by atoms with Crippen LogP contribution in [0.3, 0.4) is 0 Å². The molecule has 11 nitrogen and oxygen atoms in total. The van der Waals surface area contributed by atoms with Crippen molar-refractivity contribution in [2.75, 3.05) is 51.3 Å². The van der Waals surface area contributed by atoms with Gasteiger partial charge < -0.3 is 19.5 Å². The van der Waals surface area contributed by atoms with Crippen LogP contribution in [0.15, 0.2) is 182 Å². The monoisotopic (exact) mass is 1220 g/mol. The van der Waals surface area contributed by atoms with Crippen LogP contribution in [0.2, 0.25) is 0 Å². The summed E-state index contributed by atoms with van der Waals surface area (Å²) in [5.74, 6) is -0.448. The van der Waals surface area contributed by atoms with Crippen molar-refractivity contribution < 1.29 is 28.6 Å². The van der Waals surface area contributed by atoms with E-state index < -0.39 is 0 Å². The molecule has 0 spiro atoms. The van der Waals surface area contributed by atoms with Gasteiger partial charge in [-0.05, 0) is 94.2 Å². The lowest BCUT2D eigenvalue weighted by atomic mass is 10.0. The maximum Gasteiger partial charge on any atom is 0.324 e. The van der Waals surface area contributed by atoms with Crippen molar-refractivity contribution in [1.29, 1.82) is 0 Å². The van der Waals surface area contributed by atoms with Crippen LogP contribution in [0.4, 0.5) is 0 Å². The molecule has 6 atom stereocenters. The number of alkyl halides is 2. The Morgan fingerprint density at radius 3 is 1.41 bits per heavy atom. The number of carbonyl (C=O) groups is 3. The first-order valence-electron chi connectivity index (χ1n) is 28.5. The number of nitrogens with zero attached hydrogens (tertiary/aromatic N) is 4. The van der Waals surface area contributed by atoms with Crippen LogP contribution in [0.1, 0.15) is 87.8 Å². The molecule has 6 aromatic carbocycles. The third-order valence-corrected chi connectivity index (χ3v) is 16.3. The predicted octanol–water partition coefficient (Wildman–Crippen LogP) is 12.5. The molecule has 0 bridgehead atoms. The zero-order valence-electron chi connectivity index (χ0n) is 48.1. The Morgan fingerprint density at radius 2 is 0.938 bits per heavy atom. The molecule has 430 valence electrons. The summed E-state index contributed by atoms with van der Waals surface area (Å²) in [5, 5.41) is 4.17. The first-order chi connectivity index (χ1) is 38.9. The third kappa shape index (κ3) is 23.9. The van der Waals surface area contributed by atoms with Crippen LogP contribution >= 0.6 is 31.9 Å². The van der Waals surface area contributed by atoms with Gasteiger partial charge in [-0.1, -0.05) is 214 Å². The summed E-state index contributed by atoms with van der Waals surface area (Å²) in [6, 6.07) is 63.7. The number of nitrogens with one attached hydrogen (secondary N) is 1. The summed E-state index contributed by atoms with van der Waals surface area (Å²) < 4.78 is 15.4. The zero-order valence-corrected chi connectivity index (χ0v) is 51.3. The Morgan fingerprint density at radius 1 is 0.512 bits per heavy atom. The van der Waals surface area contributed by atoms with Crippen molar-refractivity contribution >= 4 is 49.8 Å². The third-order valence-electron chi connectivity index (χ3n) is 14.0. The van der Waals surface area contributed by atoms with E-state index in [2.05, 4.69) is 216 Å². The lowest BCUT2D eigenvalue weighted by Gasteiger charge is -2.44. The standard InChI is InChI=1S/2C22H28N2O2.C18H23N.C5H8Br2O2/c1-3-26-22(25)21-17-23(15-19-10-6-4-7-11-19)18(2)14-24(21)16-20-12-8-5-9-13-20;1-3-26-22(25)21-17-23(15-19-10-6-4-7-11-19)14-18(2)24(21)16-20-12-8-5-9-13-20;1-16(19-15-18-12-6-3-7-13-18)9-8-14-17-10-4-2-5-11-17;1-2-9-5(8)4(7)3-6/h2*4-13,18,21H,3,14-17H2,1-2H3;2-7,10-13,16,19H,8-9,14-15H2,1H3;4H,2-3H2,1H3. The number of hydrogen-bond donors (Lipinski definition) is 1. The molecule has 8 rings (SSSR count). The fourth-order valence-corrected chi connectivity index (χ4v) is 10.2. The molecule has 0 radical (unpaired) electrons. The Hall–Kier alpha value is -5.51. The van der Waals surface area contributed by atoms with Gasteiger partial charge in [0.2, 0.25) is 0 Å². The highest BCUT2D eigenvalue weighted by atomic mass is 79.9. The molecule has 0 amide bonds. The molecule has 6 aromatic rings. The number of esters is 3. The highest BCUT2D eigenvalue weighted by molar-refractivity contribution is 9.12. The molecule has 0 aromatic heterocycles. The number of benzene rings is 6. The van der Waals surface area contributed by atoms with E-state index in [1.807, 2.05) is 62.4 Å². The number of piperazine rings is 2. The molecule has 2 saturated heterocycles. The fourth-order valence-electron chi connectivity index (χ4n) is 9.82. The van der Waals surface area contributed by atoms with E-state index in [0.717, 1.165) is 45.8 Å². The van der Waals surface area contributed by atoms with Crippen molar-refractivity contribution in [2.45, 2.75) is 129 Å². The van der Waals surface area contributed by atoms with Crippen molar-refractivity contribution in [3.05, 3.63) is 215 Å². The Labute approximate surface area is 495 Å². The van der Waals surface area contributed by atoms with E-state index in [4.69, 9.17) is 9.47 Å². The maximum atomic E-state index is 12.7. The number of carbonyl (C=O) groups excluding carboxylic acids is 3. The van der Waals surface area contributed by atoms with Gasteiger partial charge in [0.15, 0.2) is 0 Å². The van der Waals surface area contributed by atoms with Crippen LogP contribution in [-0.2, 0) is 67.7 Å². The largest absolute Gasteiger partial charge is 0.465 e. The number of aryl methyl sites for hydroxylation is 1. The quantitative estimate of drug-likeness (QED) is 0.0399. The summed E-state index contributed by atoms with van der Waals surface area (Å²) in [7, 11) is 0. The van der Waals surface area contributed by atoms with Gasteiger partial charge in [0.1, 0.15) is 16.9 Å². The number of halogens is 2. The van der Waals surface area contributed by atoms with Gasteiger partial charge >= 0.3 is 17.9 Å². The van der Waals surface area contributed by atoms with Gasteiger partial charge in [0.25, 0.3) is 0 Å².